The van der Waals surface area contributed by atoms with Gasteiger partial charge in [-0.3, -0.25) is 14.4 Å². The van der Waals surface area contributed by atoms with Crippen LogP contribution >= 0.6 is 11.3 Å². The molecule has 8 heteroatoms. The molecule has 2 aromatic rings. The van der Waals surface area contributed by atoms with Crippen molar-refractivity contribution in [3.63, 3.8) is 0 Å². The number of rotatable bonds is 14. The second-order valence-electron chi connectivity index (χ2n) is 8.92. The summed E-state index contributed by atoms with van der Waals surface area (Å²) in [7, 11) is 0. The summed E-state index contributed by atoms with van der Waals surface area (Å²) in [6, 6.07) is 13.4. The SMILES string of the molecule is C=C(CC1C(=O)N(CCc2ccccc2)CC(=O)N1CCc1cccs1)N(CCC)CC(=O)OCC. The zero-order chi connectivity index (χ0) is 25.9. The van der Waals surface area contributed by atoms with Gasteiger partial charge in [-0.25, -0.2) is 0 Å². The summed E-state index contributed by atoms with van der Waals surface area (Å²) < 4.78 is 5.13. The largest absolute Gasteiger partial charge is 0.465 e. The minimum Gasteiger partial charge on any atom is -0.465 e. The summed E-state index contributed by atoms with van der Waals surface area (Å²) >= 11 is 1.65. The van der Waals surface area contributed by atoms with Gasteiger partial charge in [-0.1, -0.05) is 49.9 Å². The van der Waals surface area contributed by atoms with Crippen LogP contribution in [0, 0.1) is 0 Å². The zero-order valence-corrected chi connectivity index (χ0v) is 22.2. The number of carbonyl (C=O) groups is 3. The number of hydrogen-bond donors (Lipinski definition) is 0. The maximum absolute atomic E-state index is 13.7. The Kier molecular flexibility index (Phi) is 10.5. The van der Waals surface area contributed by atoms with Crippen molar-refractivity contribution in [2.75, 3.05) is 39.3 Å². The van der Waals surface area contributed by atoms with Crippen LogP contribution in [0.25, 0.3) is 0 Å². The first kappa shape index (κ1) is 27.5. The number of carbonyl (C=O) groups excluding carboxylic acids is 3. The van der Waals surface area contributed by atoms with Crippen molar-refractivity contribution >= 4 is 29.1 Å². The van der Waals surface area contributed by atoms with Crippen LogP contribution in [0.15, 0.2) is 60.1 Å². The van der Waals surface area contributed by atoms with Crippen LogP contribution in [0.4, 0.5) is 0 Å². The standard InChI is InChI=1S/C28H37N3O4S/c1-4-15-29(21-27(33)35-5-2)22(3)19-25-28(34)30(16-13-23-10-7-6-8-11-23)20-26(32)31(25)17-14-24-12-9-18-36-24/h6-12,18,25H,3-5,13-17,19-21H2,1-2H3. The molecule has 2 amide bonds. The molecule has 194 valence electrons. The summed E-state index contributed by atoms with van der Waals surface area (Å²) in [4.78, 5) is 45.6. The molecule has 1 aliphatic rings. The number of ether oxygens (including phenoxy) is 1. The number of thiophene rings is 1. The van der Waals surface area contributed by atoms with Gasteiger partial charge in [-0.2, -0.15) is 0 Å². The van der Waals surface area contributed by atoms with Crippen LogP contribution in [0.5, 0.6) is 0 Å². The second kappa shape index (κ2) is 13.8. The molecular weight excluding hydrogens is 474 g/mol. The smallest absolute Gasteiger partial charge is 0.325 e. The van der Waals surface area contributed by atoms with Gasteiger partial charge in [-0.15, -0.1) is 11.3 Å². The Morgan fingerprint density at radius 3 is 2.56 bits per heavy atom. The molecule has 0 saturated carbocycles. The lowest BCUT2D eigenvalue weighted by Gasteiger charge is -2.41. The molecular formula is C28H37N3O4S. The fraction of sp³-hybridized carbons (Fsp3) is 0.464. The lowest BCUT2D eigenvalue weighted by atomic mass is 10.0. The van der Waals surface area contributed by atoms with E-state index in [0.717, 1.165) is 12.0 Å². The number of esters is 1. The predicted molar refractivity (Wildman–Crippen MR) is 143 cm³/mol. The summed E-state index contributed by atoms with van der Waals surface area (Å²) in [6.07, 6.45) is 2.50. The van der Waals surface area contributed by atoms with Crippen molar-refractivity contribution in [3.8, 4) is 0 Å². The predicted octanol–water partition coefficient (Wildman–Crippen LogP) is 3.75. The monoisotopic (exact) mass is 511 g/mol. The van der Waals surface area contributed by atoms with E-state index in [2.05, 4.69) is 6.58 Å². The quantitative estimate of drug-likeness (QED) is 0.361. The van der Waals surface area contributed by atoms with Gasteiger partial charge in [0, 0.05) is 36.6 Å². The van der Waals surface area contributed by atoms with Crippen molar-refractivity contribution in [2.45, 2.75) is 45.6 Å². The van der Waals surface area contributed by atoms with Gasteiger partial charge >= 0.3 is 5.97 Å². The molecule has 1 aromatic carbocycles. The van der Waals surface area contributed by atoms with Crippen LogP contribution in [-0.2, 0) is 32.0 Å². The zero-order valence-electron chi connectivity index (χ0n) is 21.4. The third-order valence-corrected chi connectivity index (χ3v) is 7.24. The molecule has 7 nitrogen and oxygen atoms in total. The molecule has 0 N–H and O–H groups in total. The Morgan fingerprint density at radius 2 is 1.89 bits per heavy atom. The number of amides is 2. The number of benzene rings is 1. The van der Waals surface area contributed by atoms with E-state index in [9.17, 15) is 14.4 Å². The summed E-state index contributed by atoms with van der Waals surface area (Å²) in [5.41, 5.74) is 1.80. The van der Waals surface area contributed by atoms with Gasteiger partial charge in [0.1, 0.15) is 12.6 Å². The van der Waals surface area contributed by atoms with Crippen molar-refractivity contribution in [1.82, 2.24) is 14.7 Å². The maximum atomic E-state index is 13.7. The van der Waals surface area contributed by atoms with Crippen LogP contribution < -0.4 is 0 Å². The molecule has 1 atom stereocenters. The summed E-state index contributed by atoms with van der Waals surface area (Å²) in [5.74, 6) is -0.438. The van der Waals surface area contributed by atoms with E-state index in [1.54, 1.807) is 28.1 Å². The van der Waals surface area contributed by atoms with Crippen molar-refractivity contribution in [2.24, 2.45) is 0 Å². The first-order valence-corrected chi connectivity index (χ1v) is 13.5. The van der Waals surface area contributed by atoms with Gasteiger partial charge in [0.25, 0.3) is 0 Å². The molecule has 3 rings (SSSR count). The fourth-order valence-corrected chi connectivity index (χ4v) is 5.14. The highest BCUT2D eigenvalue weighted by atomic mass is 32.1. The summed E-state index contributed by atoms with van der Waals surface area (Å²) in [6.45, 7) is 10.1. The highest BCUT2D eigenvalue weighted by Gasteiger charge is 2.39. The third-order valence-electron chi connectivity index (χ3n) is 6.31. The molecule has 0 spiro atoms. The average molecular weight is 512 g/mol. The molecule has 1 saturated heterocycles. The second-order valence-corrected chi connectivity index (χ2v) is 9.96. The Morgan fingerprint density at radius 1 is 1.11 bits per heavy atom. The van der Waals surface area contributed by atoms with E-state index in [4.69, 9.17) is 4.74 Å². The number of piperazine rings is 1. The van der Waals surface area contributed by atoms with Gasteiger partial charge in [0.05, 0.1) is 13.2 Å². The molecule has 2 heterocycles. The molecule has 1 unspecified atom stereocenters. The van der Waals surface area contributed by atoms with Gasteiger partial charge in [0.2, 0.25) is 11.8 Å². The topological polar surface area (TPSA) is 70.2 Å². The normalized spacial score (nSPS) is 15.8. The fourth-order valence-electron chi connectivity index (χ4n) is 4.45. The number of nitrogens with zero attached hydrogens (tertiary/aromatic N) is 3. The lowest BCUT2D eigenvalue weighted by molar-refractivity contribution is -0.156. The Hall–Kier alpha value is -3.13. The Labute approximate surface area is 218 Å². The highest BCUT2D eigenvalue weighted by Crippen LogP contribution is 2.23. The molecule has 1 aliphatic heterocycles. The Bertz CT molecular complexity index is 1010. The lowest BCUT2D eigenvalue weighted by Crippen LogP contribution is -2.60. The average Bonchev–Trinajstić information content (AvgIpc) is 3.39. The molecule has 0 bridgehead atoms. The van der Waals surface area contributed by atoms with Gasteiger partial charge in [0.15, 0.2) is 0 Å². The van der Waals surface area contributed by atoms with Gasteiger partial charge in [-0.05, 0) is 43.2 Å². The van der Waals surface area contributed by atoms with E-state index in [-0.39, 0.29) is 37.3 Å². The van der Waals surface area contributed by atoms with E-state index in [1.165, 1.54) is 4.88 Å². The van der Waals surface area contributed by atoms with Crippen LogP contribution in [0.2, 0.25) is 0 Å². The third kappa shape index (κ3) is 7.68. The van der Waals surface area contributed by atoms with Crippen molar-refractivity contribution in [3.05, 3.63) is 70.6 Å². The van der Waals surface area contributed by atoms with E-state index in [1.807, 2.05) is 59.7 Å². The molecule has 0 radical (unpaired) electrons. The molecule has 1 fully saturated rings. The first-order chi connectivity index (χ1) is 17.4. The first-order valence-electron chi connectivity index (χ1n) is 12.7. The Balaban J connectivity index is 1.75. The van der Waals surface area contributed by atoms with Crippen molar-refractivity contribution < 1.29 is 19.1 Å². The molecule has 1 aromatic heterocycles. The minimum absolute atomic E-state index is 0.0514. The van der Waals surface area contributed by atoms with Crippen molar-refractivity contribution in [1.29, 1.82) is 0 Å². The highest BCUT2D eigenvalue weighted by molar-refractivity contribution is 7.09. The van der Waals surface area contributed by atoms with Crippen LogP contribution in [-0.4, -0.2) is 77.9 Å². The maximum Gasteiger partial charge on any atom is 0.325 e. The van der Waals surface area contributed by atoms with E-state index >= 15 is 0 Å². The summed E-state index contributed by atoms with van der Waals surface area (Å²) in [5, 5.41) is 2.02. The minimum atomic E-state index is -0.643. The van der Waals surface area contributed by atoms with E-state index in [0.29, 0.717) is 44.8 Å². The number of hydrogen-bond acceptors (Lipinski definition) is 6. The van der Waals surface area contributed by atoms with E-state index < -0.39 is 6.04 Å². The van der Waals surface area contributed by atoms with Crippen LogP contribution in [0.1, 0.15) is 37.1 Å². The van der Waals surface area contributed by atoms with Crippen LogP contribution in [0.3, 0.4) is 0 Å². The van der Waals surface area contributed by atoms with Gasteiger partial charge < -0.3 is 19.4 Å². The molecule has 0 aliphatic carbocycles. The molecule has 36 heavy (non-hydrogen) atoms.